The fourth-order valence-electron chi connectivity index (χ4n) is 3.50. The minimum absolute atomic E-state index is 0.141. The molecule has 1 aromatic rings. The lowest BCUT2D eigenvalue weighted by atomic mass is 10.2. The highest BCUT2D eigenvalue weighted by atomic mass is 16.5. The van der Waals surface area contributed by atoms with Gasteiger partial charge in [0.15, 0.2) is 0 Å². The van der Waals surface area contributed by atoms with Gasteiger partial charge in [0.25, 0.3) is 5.91 Å². The van der Waals surface area contributed by atoms with Gasteiger partial charge in [0.2, 0.25) is 5.91 Å². The molecule has 2 fully saturated rings. The van der Waals surface area contributed by atoms with Crippen molar-refractivity contribution in [3.8, 4) is 11.5 Å². The Morgan fingerprint density at radius 1 is 0.917 bits per heavy atom. The van der Waals surface area contributed by atoms with Crippen LogP contribution < -0.4 is 14.4 Å². The number of amides is 2. The molecule has 6 heteroatoms. The van der Waals surface area contributed by atoms with Crippen molar-refractivity contribution >= 4 is 17.5 Å². The molecular weight excluding hydrogens is 308 g/mol. The van der Waals surface area contributed by atoms with Crippen LogP contribution in [0.5, 0.6) is 11.5 Å². The van der Waals surface area contributed by atoms with Gasteiger partial charge in [0.05, 0.1) is 32.4 Å². The number of methoxy groups -OCH3 is 2. The first-order valence-corrected chi connectivity index (χ1v) is 8.48. The predicted molar refractivity (Wildman–Crippen MR) is 90.5 cm³/mol. The molecule has 0 bridgehead atoms. The van der Waals surface area contributed by atoms with E-state index in [-0.39, 0.29) is 24.3 Å². The van der Waals surface area contributed by atoms with Crippen LogP contribution in [0, 0.1) is 0 Å². The summed E-state index contributed by atoms with van der Waals surface area (Å²) in [6.07, 6.45) is 4.82. The van der Waals surface area contributed by atoms with Gasteiger partial charge in [-0.2, -0.15) is 0 Å². The second-order valence-corrected chi connectivity index (χ2v) is 6.31. The summed E-state index contributed by atoms with van der Waals surface area (Å²) in [7, 11) is 3.10. The van der Waals surface area contributed by atoms with Crippen LogP contribution in [0.1, 0.15) is 32.1 Å². The Bertz CT molecular complexity index is 601. The number of hydrogen-bond acceptors (Lipinski definition) is 5. The van der Waals surface area contributed by atoms with Crippen molar-refractivity contribution < 1.29 is 19.1 Å². The smallest absolute Gasteiger partial charge is 0.251 e. The van der Waals surface area contributed by atoms with Crippen molar-refractivity contribution in [2.24, 2.45) is 0 Å². The van der Waals surface area contributed by atoms with Crippen molar-refractivity contribution in [3.05, 3.63) is 18.2 Å². The van der Waals surface area contributed by atoms with Gasteiger partial charge in [-0.3, -0.25) is 14.5 Å². The first kappa shape index (κ1) is 16.8. The largest absolute Gasteiger partial charge is 0.497 e. The van der Waals surface area contributed by atoms with E-state index in [4.69, 9.17) is 9.47 Å². The standard InChI is InChI=1S/C18H24N2O4/c1-23-14-9-13(10-15(11-14)24-2)20-17(21)12-16(18(20)22)19-7-5-3-4-6-8-19/h9-11,16H,3-8,12H2,1-2H3/t16-/m0/s1. The Morgan fingerprint density at radius 3 is 2.04 bits per heavy atom. The average molecular weight is 332 g/mol. The summed E-state index contributed by atoms with van der Waals surface area (Å²) in [6.45, 7) is 1.78. The topological polar surface area (TPSA) is 59.1 Å². The molecule has 0 aromatic heterocycles. The van der Waals surface area contributed by atoms with E-state index in [1.54, 1.807) is 32.4 Å². The molecule has 0 radical (unpaired) electrons. The molecule has 0 N–H and O–H groups in total. The highest BCUT2D eigenvalue weighted by molar-refractivity contribution is 6.22. The van der Waals surface area contributed by atoms with Crippen LogP contribution in [0.25, 0.3) is 0 Å². The van der Waals surface area contributed by atoms with Gasteiger partial charge in [-0.25, -0.2) is 4.90 Å². The Labute approximate surface area is 142 Å². The molecular formula is C18H24N2O4. The number of ether oxygens (including phenoxy) is 2. The number of carbonyl (C=O) groups is 2. The Morgan fingerprint density at radius 2 is 1.50 bits per heavy atom. The molecule has 2 amide bonds. The Hall–Kier alpha value is -2.08. The van der Waals surface area contributed by atoms with E-state index in [1.165, 1.54) is 17.7 Å². The lowest BCUT2D eigenvalue weighted by Crippen LogP contribution is -2.42. The van der Waals surface area contributed by atoms with Gasteiger partial charge in [0, 0.05) is 18.2 Å². The molecule has 130 valence electrons. The predicted octanol–water partition coefficient (Wildman–Crippen LogP) is 2.21. The van der Waals surface area contributed by atoms with Crippen molar-refractivity contribution in [2.45, 2.75) is 38.1 Å². The highest BCUT2D eigenvalue weighted by Crippen LogP contribution is 2.33. The van der Waals surface area contributed by atoms with Crippen LogP contribution in [0.15, 0.2) is 18.2 Å². The number of hydrogen-bond donors (Lipinski definition) is 0. The Kier molecular flexibility index (Phi) is 5.04. The number of benzene rings is 1. The monoisotopic (exact) mass is 332 g/mol. The summed E-state index contributed by atoms with van der Waals surface area (Å²) in [4.78, 5) is 28.9. The lowest BCUT2D eigenvalue weighted by molar-refractivity contribution is -0.122. The second kappa shape index (κ2) is 7.21. The third-order valence-electron chi connectivity index (χ3n) is 4.80. The summed E-state index contributed by atoms with van der Waals surface area (Å²) in [6, 6.07) is 4.78. The molecule has 2 aliphatic heterocycles. The van der Waals surface area contributed by atoms with Crippen molar-refractivity contribution in [2.75, 3.05) is 32.2 Å². The van der Waals surface area contributed by atoms with E-state index < -0.39 is 0 Å². The van der Waals surface area contributed by atoms with Gasteiger partial charge in [-0.15, -0.1) is 0 Å². The number of carbonyl (C=O) groups excluding carboxylic acids is 2. The van der Waals surface area contributed by atoms with Crippen LogP contribution in [0.2, 0.25) is 0 Å². The molecule has 1 atom stereocenters. The number of likely N-dealkylation sites (tertiary alicyclic amines) is 1. The number of imide groups is 1. The molecule has 2 heterocycles. The summed E-state index contributed by atoms with van der Waals surface area (Å²) in [5, 5.41) is 0. The zero-order valence-corrected chi connectivity index (χ0v) is 14.3. The number of anilines is 1. The average Bonchev–Trinajstić information content (AvgIpc) is 2.78. The molecule has 24 heavy (non-hydrogen) atoms. The van der Waals surface area contributed by atoms with Gasteiger partial charge in [-0.05, 0) is 25.9 Å². The zero-order chi connectivity index (χ0) is 17.1. The minimum Gasteiger partial charge on any atom is -0.497 e. The second-order valence-electron chi connectivity index (χ2n) is 6.31. The molecule has 3 rings (SSSR count). The fraction of sp³-hybridized carbons (Fsp3) is 0.556. The molecule has 2 aliphatic rings. The lowest BCUT2D eigenvalue weighted by Gasteiger charge is -2.25. The van der Waals surface area contributed by atoms with Gasteiger partial charge in [0.1, 0.15) is 11.5 Å². The summed E-state index contributed by atoms with van der Waals surface area (Å²) >= 11 is 0. The molecule has 0 aliphatic carbocycles. The van der Waals surface area contributed by atoms with Crippen molar-refractivity contribution in [1.29, 1.82) is 0 Å². The first-order valence-electron chi connectivity index (χ1n) is 8.48. The summed E-state index contributed by atoms with van der Waals surface area (Å²) in [5.74, 6) is 0.813. The maximum atomic E-state index is 12.9. The minimum atomic E-state index is -0.340. The molecule has 1 aromatic carbocycles. The number of rotatable bonds is 4. The molecule has 2 saturated heterocycles. The van der Waals surface area contributed by atoms with E-state index in [9.17, 15) is 9.59 Å². The SMILES string of the molecule is COc1cc(OC)cc(N2C(=O)C[C@H](N3CCCCCC3)C2=O)c1. The van der Waals surface area contributed by atoms with Crippen molar-refractivity contribution in [3.63, 3.8) is 0 Å². The van der Waals surface area contributed by atoms with Crippen LogP contribution in [-0.4, -0.2) is 50.1 Å². The van der Waals surface area contributed by atoms with E-state index in [1.807, 2.05) is 0 Å². The quantitative estimate of drug-likeness (QED) is 0.791. The van der Waals surface area contributed by atoms with E-state index in [0.29, 0.717) is 17.2 Å². The van der Waals surface area contributed by atoms with E-state index in [0.717, 1.165) is 25.9 Å². The normalized spacial score (nSPS) is 22.6. The van der Waals surface area contributed by atoms with Crippen molar-refractivity contribution in [1.82, 2.24) is 4.90 Å². The zero-order valence-electron chi connectivity index (χ0n) is 14.3. The first-order chi connectivity index (χ1) is 11.6. The molecule has 6 nitrogen and oxygen atoms in total. The van der Waals surface area contributed by atoms with E-state index >= 15 is 0 Å². The van der Waals surface area contributed by atoms with Crippen LogP contribution in [0.3, 0.4) is 0 Å². The van der Waals surface area contributed by atoms with Gasteiger partial charge < -0.3 is 9.47 Å². The molecule has 0 saturated carbocycles. The van der Waals surface area contributed by atoms with Gasteiger partial charge >= 0.3 is 0 Å². The van der Waals surface area contributed by atoms with E-state index in [2.05, 4.69) is 4.90 Å². The highest BCUT2D eigenvalue weighted by Gasteiger charge is 2.42. The Balaban J connectivity index is 1.86. The van der Waals surface area contributed by atoms with Crippen LogP contribution in [0.4, 0.5) is 5.69 Å². The number of nitrogens with zero attached hydrogens (tertiary/aromatic N) is 2. The molecule has 0 unspecified atom stereocenters. The third-order valence-corrected chi connectivity index (χ3v) is 4.80. The summed E-state index contributed by atoms with van der Waals surface area (Å²) in [5.41, 5.74) is 0.513. The fourth-order valence-corrected chi connectivity index (χ4v) is 3.50. The van der Waals surface area contributed by atoms with Crippen LogP contribution in [-0.2, 0) is 9.59 Å². The third kappa shape index (κ3) is 3.24. The van der Waals surface area contributed by atoms with Gasteiger partial charge in [-0.1, -0.05) is 12.8 Å². The summed E-state index contributed by atoms with van der Waals surface area (Å²) < 4.78 is 10.5. The van der Waals surface area contributed by atoms with Crippen LogP contribution >= 0.6 is 0 Å². The maximum absolute atomic E-state index is 12.9. The maximum Gasteiger partial charge on any atom is 0.251 e. The molecule has 0 spiro atoms.